The van der Waals surface area contributed by atoms with Gasteiger partial charge in [0, 0.05) is 13.1 Å². The van der Waals surface area contributed by atoms with Gasteiger partial charge in [0.15, 0.2) is 0 Å². The van der Waals surface area contributed by atoms with Gasteiger partial charge >= 0.3 is 0 Å². The number of nitrogens with zero attached hydrogens (tertiary/aromatic N) is 1. The molecular formula is C37H61N5O7S. The van der Waals surface area contributed by atoms with Gasteiger partial charge in [-0.15, -0.1) is 6.58 Å². The number of likely N-dealkylation sites (tertiary alicyclic amines) is 1. The van der Waals surface area contributed by atoms with Crippen LogP contribution in [0.4, 0.5) is 0 Å². The number of fused-ring (bicyclic) bond motifs is 1. The zero-order chi connectivity index (χ0) is 37.6. The Hall–Kier alpha value is -2.80. The van der Waals surface area contributed by atoms with Gasteiger partial charge < -0.3 is 20.9 Å². The van der Waals surface area contributed by atoms with E-state index in [0.717, 1.165) is 32.1 Å². The molecule has 0 aromatic heterocycles. The van der Waals surface area contributed by atoms with Crippen molar-refractivity contribution in [2.75, 3.05) is 13.1 Å². The van der Waals surface area contributed by atoms with E-state index in [1.165, 1.54) is 11.0 Å². The first-order chi connectivity index (χ1) is 23.0. The van der Waals surface area contributed by atoms with E-state index in [0.29, 0.717) is 25.8 Å². The molecule has 0 radical (unpaired) electrons. The first kappa shape index (κ1) is 40.0. The van der Waals surface area contributed by atoms with Gasteiger partial charge in [-0.25, -0.2) is 13.1 Å². The van der Waals surface area contributed by atoms with Crippen molar-refractivity contribution in [3.05, 3.63) is 12.7 Å². The number of piperidine rings is 1. The number of rotatable bonds is 14. The highest BCUT2D eigenvalue weighted by atomic mass is 32.2. The summed E-state index contributed by atoms with van der Waals surface area (Å²) in [6.07, 6.45) is 7.69. The normalized spacial score (nSPS) is 26.1. The van der Waals surface area contributed by atoms with E-state index >= 15 is 0 Å². The van der Waals surface area contributed by atoms with Crippen LogP contribution in [0, 0.1) is 34.0 Å². The number of carbonyl (C=O) groups excluding carboxylic acids is 5. The Balaban J connectivity index is 1.61. The summed E-state index contributed by atoms with van der Waals surface area (Å²) in [6, 6.07) is -4.10. The highest BCUT2D eigenvalue weighted by Crippen LogP contribution is 2.65. The second-order valence-electron chi connectivity index (χ2n) is 18.2. The third-order valence-electron chi connectivity index (χ3n) is 11.7. The van der Waals surface area contributed by atoms with Crippen LogP contribution in [0.2, 0.25) is 0 Å². The Morgan fingerprint density at radius 2 is 1.54 bits per heavy atom. The number of sulfonamides is 1. The summed E-state index contributed by atoms with van der Waals surface area (Å²) >= 11 is 0. The topological polar surface area (TPSA) is 171 Å². The average molecular weight is 720 g/mol. The van der Waals surface area contributed by atoms with Crippen LogP contribution in [0.25, 0.3) is 0 Å². The second kappa shape index (κ2) is 14.3. The third-order valence-corrected chi connectivity index (χ3v) is 13.9. The van der Waals surface area contributed by atoms with Crippen molar-refractivity contribution in [3.63, 3.8) is 0 Å². The number of hydrogen-bond donors (Lipinski definition) is 4. The summed E-state index contributed by atoms with van der Waals surface area (Å²) < 4.78 is 28.4. The summed E-state index contributed by atoms with van der Waals surface area (Å²) in [5.74, 6) is -2.90. The second-order valence-corrected chi connectivity index (χ2v) is 20.6. The summed E-state index contributed by atoms with van der Waals surface area (Å²) in [6.45, 7) is 20.3. The Bertz CT molecular complexity index is 1470. The zero-order valence-electron chi connectivity index (χ0n) is 31.6. The Morgan fingerprint density at radius 3 is 2.06 bits per heavy atom. The smallest absolute Gasteiger partial charge is 0.289 e. The monoisotopic (exact) mass is 719 g/mol. The predicted molar refractivity (Wildman–Crippen MR) is 192 cm³/mol. The lowest BCUT2D eigenvalue weighted by Crippen LogP contribution is -2.64. The van der Waals surface area contributed by atoms with Crippen molar-refractivity contribution in [1.82, 2.24) is 25.6 Å². The van der Waals surface area contributed by atoms with Gasteiger partial charge in [-0.3, -0.25) is 24.0 Å². The minimum Gasteiger partial charge on any atom is -0.346 e. The van der Waals surface area contributed by atoms with Crippen LogP contribution in [-0.2, 0) is 34.0 Å². The molecule has 3 aliphatic carbocycles. The molecule has 0 aromatic rings. The van der Waals surface area contributed by atoms with E-state index in [1.807, 2.05) is 27.7 Å². The van der Waals surface area contributed by atoms with Crippen molar-refractivity contribution in [2.45, 2.75) is 143 Å². The number of Topliss-reactive ketones (excluding diaryl/α,β-unsaturated/α-hetero) is 1. The van der Waals surface area contributed by atoms with Crippen molar-refractivity contribution < 1.29 is 32.4 Å². The van der Waals surface area contributed by atoms with E-state index in [4.69, 9.17) is 0 Å². The molecule has 6 atom stereocenters. The van der Waals surface area contributed by atoms with E-state index in [9.17, 15) is 32.4 Å². The molecule has 0 aromatic carbocycles. The summed E-state index contributed by atoms with van der Waals surface area (Å²) in [4.78, 5) is 70.5. The lowest BCUT2D eigenvalue weighted by Gasteiger charge is -2.43. The van der Waals surface area contributed by atoms with Gasteiger partial charge in [0.1, 0.15) is 18.1 Å². The largest absolute Gasteiger partial charge is 0.346 e. The maximum Gasteiger partial charge on any atom is 0.289 e. The molecule has 4 rings (SSSR count). The lowest BCUT2D eigenvalue weighted by atomic mass is 9.70. The number of ketones is 1. The first-order valence-electron chi connectivity index (χ1n) is 18.3. The molecule has 282 valence electrons. The molecule has 4 fully saturated rings. The van der Waals surface area contributed by atoms with Gasteiger partial charge in [0.25, 0.3) is 5.91 Å². The maximum atomic E-state index is 14.6. The molecular weight excluding hydrogens is 659 g/mol. The number of carbonyl (C=O) groups is 5. The zero-order valence-corrected chi connectivity index (χ0v) is 32.4. The fourth-order valence-electron chi connectivity index (χ4n) is 7.93. The first-order valence-corrected chi connectivity index (χ1v) is 19.8. The SMILES string of the molecule is C=CCNC(=O)C(=O)C(CC1CC1)NC(=O)[C@@H]1[C@@H]2[C@H](CN1C(=O)[C@@H](NC(=O)[C@@H](NS(=O)(=O)C(C)(C)C)C1(C)CCCCC1)C(C)(C)C)C2(C)C. The standard InChI is InChI=1S/C37H61N5O7S/c1-11-19-38-31(45)27(43)24(20-22-15-16-22)39-30(44)26-25-23(36(25,8)9)21-42(26)33(47)29(34(2,3)4)40-32(46)28(37(10)17-13-12-14-18-37)41-50(48,49)35(5,6)7/h11,22-26,28-29,41H,1,12-21H2,2-10H3,(H,38,45)(H,39,44)(H,40,46)/t23-,24?,25-,26-,28+,29+/m0/s1. The molecule has 4 aliphatic rings. The highest BCUT2D eigenvalue weighted by Gasteiger charge is 2.70. The lowest BCUT2D eigenvalue weighted by molar-refractivity contribution is -0.147. The van der Waals surface area contributed by atoms with Crippen LogP contribution in [0.5, 0.6) is 0 Å². The van der Waals surface area contributed by atoms with Crippen LogP contribution in [0.1, 0.15) is 114 Å². The summed E-state index contributed by atoms with van der Waals surface area (Å²) in [5.41, 5.74) is -1.68. The third kappa shape index (κ3) is 8.45. The van der Waals surface area contributed by atoms with Crippen molar-refractivity contribution >= 4 is 39.4 Å². The Kier molecular flexibility index (Phi) is 11.4. The molecule has 1 unspecified atom stereocenters. The predicted octanol–water partition coefficient (Wildman–Crippen LogP) is 3.21. The van der Waals surface area contributed by atoms with Crippen molar-refractivity contribution in [1.29, 1.82) is 0 Å². The molecule has 3 saturated carbocycles. The van der Waals surface area contributed by atoms with E-state index in [2.05, 4.69) is 41.1 Å². The quantitative estimate of drug-likeness (QED) is 0.158. The van der Waals surface area contributed by atoms with Crippen LogP contribution in [0.15, 0.2) is 12.7 Å². The van der Waals surface area contributed by atoms with E-state index in [1.54, 1.807) is 20.8 Å². The average Bonchev–Trinajstić information content (AvgIpc) is 3.86. The molecule has 1 heterocycles. The molecule has 4 N–H and O–H groups in total. The van der Waals surface area contributed by atoms with Gasteiger partial charge in [0.05, 0.1) is 10.8 Å². The molecule has 1 aliphatic heterocycles. The molecule has 13 heteroatoms. The minimum atomic E-state index is -3.93. The van der Waals surface area contributed by atoms with E-state index < -0.39 is 79.2 Å². The number of nitrogens with one attached hydrogen (secondary N) is 4. The summed E-state index contributed by atoms with van der Waals surface area (Å²) in [7, 11) is -3.93. The molecule has 0 bridgehead atoms. The molecule has 1 saturated heterocycles. The van der Waals surface area contributed by atoms with Gasteiger partial charge in [-0.05, 0) is 74.0 Å². The maximum absolute atomic E-state index is 14.6. The number of hydrogen-bond acceptors (Lipinski definition) is 7. The van der Waals surface area contributed by atoms with Crippen molar-refractivity contribution in [2.24, 2.45) is 34.0 Å². The number of amides is 4. The molecule has 12 nitrogen and oxygen atoms in total. The Labute approximate surface area is 299 Å². The Morgan fingerprint density at radius 1 is 0.940 bits per heavy atom. The van der Waals surface area contributed by atoms with Crippen LogP contribution < -0.4 is 20.7 Å². The fraction of sp³-hybridized carbons (Fsp3) is 0.811. The fourth-order valence-corrected chi connectivity index (χ4v) is 8.99. The van der Waals surface area contributed by atoms with Crippen LogP contribution in [-0.4, -0.2) is 84.7 Å². The van der Waals surface area contributed by atoms with Gasteiger partial charge in [-0.2, -0.15) is 0 Å². The molecule has 4 amide bonds. The van der Waals surface area contributed by atoms with E-state index in [-0.39, 0.29) is 29.7 Å². The van der Waals surface area contributed by atoms with Crippen LogP contribution >= 0.6 is 0 Å². The van der Waals surface area contributed by atoms with Gasteiger partial charge in [-0.1, -0.05) is 79.7 Å². The van der Waals surface area contributed by atoms with Crippen molar-refractivity contribution in [3.8, 4) is 0 Å². The minimum absolute atomic E-state index is 0.0412. The molecule has 50 heavy (non-hydrogen) atoms. The summed E-state index contributed by atoms with van der Waals surface area (Å²) in [5, 5.41) is 8.33. The van der Waals surface area contributed by atoms with Gasteiger partial charge in [0.2, 0.25) is 33.5 Å². The highest BCUT2D eigenvalue weighted by molar-refractivity contribution is 7.90. The molecule has 0 spiro atoms. The van der Waals surface area contributed by atoms with Crippen LogP contribution in [0.3, 0.4) is 0 Å².